The van der Waals surface area contributed by atoms with Crippen LogP contribution in [0.2, 0.25) is 5.02 Å². The molecule has 0 aromatic heterocycles. The van der Waals surface area contributed by atoms with E-state index < -0.39 is 11.4 Å². The van der Waals surface area contributed by atoms with Crippen molar-refractivity contribution in [3.05, 3.63) is 34.3 Å². The Morgan fingerprint density at radius 1 is 1.53 bits per heavy atom. The van der Waals surface area contributed by atoms with Crippen LogP contribution in [0, 0.1) is 0 Å². The quantitative estimate of drug-likeness (QED) is 0.864. The number of alkyl halides is 1. The van der Waals surface area contributed by atoms with Crippen LogP contribution in [0.5, 0.6) is 0 Å². The SMILES string of the molecule is CC(C)(C(=O)O)c1ccc(CBr)c(Cl)c1. The van der Waals surface area contributed by atoms with Gasteiger partial charge in [-0.1, -0.05) is 39.7 Å². The van der Waals surface area contributed by atoms with Gasteiger partial charge in [-0.15, -0.1) is 0 Å². The molecule has 2 nitrogen and oxygen atoms in total. The van der Waals surface area contributed by atoms with Crippen LogP contribution in [-0.2, 0) is 15.5 Å². The first kappa shape index (κ1) is 12.5. The van der Waals surface area contributed by atoms with Crippen molar-refractivity contribution < 1.29 is 9.90 Å². The van der Waals surface area contributed by atoms with E-state index in [1.165, 1.54) is 0 Å². The fraction of sp³-hybridized carbons (Fsp3) is 0.364. The van der Waals surface area contributed by atoms with Crippen LogP contribution in [-0.4, -0.2) is 11.1 Å². The molecule has 0 radical (unpaired) electrons. The summed E-state index contributed by atoms with van der Waals surface area (Å²) in [6.07, 6.45) is 0. The summed E-state index contributed by atoms with van der Waals surface area (Å²) in [5, 5.41) is 10.3. The average molecular weight is 292 g/mol. The number of hydrogen-bond acceptors (Lipinski definition) is 1. The Balaban J connectivity index is 3.18. The van der Waals surface area contributed by atoms with Crippen molar-refractivity contribution in [2.45, 2.75) is 24.6 Å². The number of carboxylic acids is 1. The lowest BCUT2D eigenvalue weighted by Gasteiger charge is -2.20. The Labute approximate surface area is 102 Å². The molecule has 0 heterocycles. The minimum absolute atomic E-state index is 0.596. The van der Waals surface area contributed by atoms with E-state index in [4.69, 9.17) is 16.7 Å². The van der Waals surface area contributed by atoms with E-state index in [2.05, 4.69) is 15.9 Å². The van der Waals surface area contributed by atoms with Gasteiger partial charge in [0.2, 0.25) is 0 Å². The Morgan fingerprint density at radius 2 is 2.13 bits per heavy atom. The number of carboxylic acid groups (broad SMARTS) is 1. The Kier molecular flexibility index (Phi) is 3.79. The number of carbonyl (C=O) groups is 1. The third-order valence-corrected chi connectivity index (χ3v) is 3.41. The zero-order valence-corrected chi connectivity index (χ0v) is 10.9. The first-order valence-corrected chi connectivity index (χ1v) is 5.97. The molecule has 0 aliphatic heterocycles. The van der Waals surface area contributed by atoms with Gasteiger partial charge < -0.3 is 5.11 Å². The molecule has 1 rings (SSSR count). The van der Waals surface area contributed by atoms with Gasteiger partial charge in [-0.05, 0) is 31.0 Å². The van der Waals surface area contributed by atoms with Crippen LogP contribution >= 0.6 is 27.5 Å². The molecule has 0 unspecified atom stereocenters. The van der Waals surface area contributed by atoms with Gasteiger partial charge >= 0.3 is 5.97 Å². The molecule has 1 aromatic rings. The Hall–Kier alpha value is -0.540. The highest BCUT2D eigenvalue weighted by Crippen LogP contribution is 2.28. The minimum Gasteiger partial charge on any atom is -0.481 e. The van der Waals surface area contributed by atoms with E-state index in [0.717, 1.165) is 5.56 Å². The highest BCUT2D eigenvalue weighted by molar-refractivity contribution is 9.08. The molecule has 0 spiro atoms. The number of halogens is 2. The molecule has 0 aliphatic carbocycles. The average Bonchev–Trinajstić information content (AvgIpc) is 2.17. The molecule has 0 fully saturated rings. The van der Waals surface area contributed by atoms with Gasteiger partial charge in [-0.2, -0.15) is 0 Å². The van der Waals surface area contributed by atoms with Crippen LogP contribution in [0.1, 0.15) is 25.0 Å². The maximum atomic E-state index is 11.0. The van der Waals surface area contributed by atoms with E-state index in [9.17, 15) is 4.79 Å². The van der Waals surface area contributed by atoms with Crippen LogP contribution in [0.3, 0.4) is 0 Å². The molecule has 0 atom stereocenters. The molecular formula is C11H12BrClO2. The van der Waals surface area contributed by atoms with Crippen molar-refractivity contribution in [1.29, 1.82) is 0 Å². The third kappa shape index (κ3) is 2.52. The van der Waals surface area contributed by atoms with Crippen molar-refractivity contribution in [2.75, 3.05) is 0 Å². The van der Waals surface area contributed by atoms with Gasteiger partial charge in [0.1, 0.15) is 0 Å². The number of aliphatic carboxylic acids is 1. The molecule has 82 valence electrons. The van der Waals surface area contributed by atoms with Gasteiger partial charge in [-0.3, -0.25) is 4.79 Å². The van der Waals surface area contributed by atoms with Gasteiger partial charge in [-0.25, -0.2) is 0 Å². The lowest BCUT2D eigenvalue weighted by atomic mass is 9.84. The zero-order chi connectivity index (χ0) is 11.6. The van der Waals surface area contributed by atoms with Crippen molar-refractivity contribution in [1.82, 2.24) is 0 Å². The summed E-state index contributed by atoms with van der Waals surface area (Å²) in [6.45, 7) is 3.32. The Bertz CT molecular complexity index is 388. The molecule has 0 bridgehead atoms. The van der Waals surface area contributed by atoms with Crippen LogP contribution < -0.4 is 0 Å². The van der Waals surface area contributed by atoms with Crippen LogP contribution in [0.15, 0.2) is 18.2 Å². The predicted molar refractivity (Wildman–Crippen MR) is 64.7 cm³/mol. The summed E-state index contributed by atoms with van der Waals surface area (Å²) >= 11 is 9.33. The Morgan fingerprint density at radius 3 is 2.53 bits per heavy atom. The van der Waals surface area contributed by atoms with Crippen molar-refractivity contribution >= 4 is 33.5 Å². The summed E-state index contributed by atoms with van der Waals surface area (Å²) in [5.74, 6) is -0.856. The molecule has 1 N–H and O–H groups in total. The fourth-order valence-electron chi connectivity index (χ4n) is 1.17. The molecular weight excluding hydrogens is 279 g/mol. The first-order chi connectivity index (χ1) is 6.89. The van der Waals surface area contributed by atoms with Crippen molar-refractivity contribution in [2.24, 2.45) is 0 Å². The summed E-state index contributed by atoms with van der Waals surface area (Å²) in [6, 6.07) is 5.36. The number of rotatable bonds is 3. The highest BCUT2D eigenvalue weighted by Gasteiger charge is 2.29. The molecule has 15 heavy (non-hydrogen) atoms. The number of hydrogen-bond donors (Lipinski definition) is 1. The maximum absolute atomic E-state index is 11.0. The number of benzene rings is 1. The minimum atomic E-state index is -0.908. The van der Waals surface area contributed by atoms with Gasteiger partial charge in [0.25, 0.3) is 0 Å². The summed E-state index contributed by atoms with van der Waals surface area (Å²) in [4.78, 5) is 11.0. The topological polar surface area (TPSA) is 37.3 Å². The van der Waals surface area contributed by atoms with Crippen LogP contribution in [0.25, 0.3) is 0 Å². The van der Waals surface area contributed by atoms with Crippen LogP contribution in [0.4, 0.5) is 0 Å². The van der Waals surface area contributed by atoms with E-state index >= 15 is 0 Å². The van der Waals surface area contributed by atoms with Crippen molar-refractivity contribution in [3.63, 3.8) is 0 Å². The fourth-order valence-corrected chi connectivity index (χ4v) is 2.07. The second-order valence-electron chi connectivity index (χ2n) is 3.87. The summed E-state index contributed by atoms with van der Waals surface area (Å²) in [7, 11) is 0. The van der Waals surface area contributed by atoms with E-state index in [1.807, 2.05) is 6.07 Å². The third-order valence-electron chi connectivity index (χ3n) is 2.45. The largest absolute Gasteiger partial charge is 0.481 e. The molecule has 0 amide bonds. The lowest BCUT2D eigenvalue weighted by Crippen LogP contribution is -2.28. The lowest BCUT2D eigenvalue weighted by molar-refractivity contribution is -0.142. The van der Waals surface area contributed by atoms with E-state index in [1.54, 1.807) is 26.0 Å². The van der Waals surface area contributed by atoms with E-state index in [-0.39, 0.29) is 0 Å². The van der Waals surface area contributed by atoms with Gasteiger partial charge in [0.15, 0.2) is 0 Å². The second-order valence-corrected chi connectivity index (χ2v) is 4.84. The predicted octanol–water partition coefficient (Wildman–Crippen LogP) is 3.60. The molecule has 0 aliphatic rings. The molecule has 0 saturated carbocycles. The molecule has 1 aromatic carbocycles. The monoisotopic (exact) mass is 290 g/mol. The van der Waals surface area contributed by atoms with Gasteiger partial charge in [0.05, 0.1) is 5.41 Å². The maximum Gasteiger partial charge on any atom is 0.313 e. The van der Waals surface area contributed by atoms with E-state index in [0.29, 0.717) is 15.9 Å². The normalized spacial score (nSPS) is 11.5. The zero-order valence-electron chi connectivity index (χ0n) is 8.55. The van der Waals surface area contributed by atoms with Crippen molar-refractivity contribution in [3.8, 4) is 0 Å². The van der Waals surface area contributed by atoms with Gasteiger partial charge in [0, 0.05) is 10.4 Å². The highest BCUT2D eigenvalue weighted by atomic mass is 79.9. The summed E-state index contributed by atoms with van der Waals surface area (Å²) in [5.41, 5.74) is 0.764. The molecule has 4 heteroatoms. The second kappa shape index (κ2) is 4.54. The first-order valence-electron chi connectivity index (χ1n) is 4.48. The smallest absolute Gasteiger partial charge is 0.313 e. The standard InChI is InChI=1S/C11H12BrClO2/c1-11(2,10(14)15)8-4-3-7(6-12)9(13)5-8/h3-5H,6H2,1-2H3,(H,14,15). The molecule has 0 saturated heterocycles. The summed E-state index contributed by atoms with van der Waals surface area (Å²) < 4.78 is 0.